The summed E-state index contributed by atoms with van der Waals surface area (Å²) >= 11 is 0. The molecule has 2 amide bonds. The summed E-state index contributed by atoms with van der Waals surface area (Å²) in [7, 11) is 0. The molecule has 0 radical (unpaired) electrons. The number of amidine groups is 1. The topological polar surface area (TPSA) is 132 Å². The van der Waals surface area contributed by atoms with Crippen molar-refractivity contribution >= 4 is 17.6 Å². The third-order valence-electron chi connectivity index (χ3n) is 4.38. The summed E-state index contributed by atoms with van der Waals surface area (Å²) in [6.45, 7) is 5.27. The molecule has 31 heavy (non-hydrogen) atoms. The van der Waals surface area contributed by atoms with Crippen molar-refractivity contribution in [1.29, 1.82) is 0 Å². The first kappa shape index (κ1) is 21.8. The predicted octanol–water partition coefficient (Wildman–Crippen LogP) is 0.867. The number of nitrogens with zero attached hydrogens (tertiary/aromatic N) is 2. The van der Waals surface area contributed by atoms with Crippen LogP contribution in [0.4, 0.5) is 0 Å². The Morgan fingerprint density at radius 3 is 2.52 bits per heavy atom. The van der Waals surface area contributed by atoms with E-state index in [9.17, 15) is 9.59 Å². The van der Waals surface area contributed by atoms with Gasteiger partial charge in [0.25, 0.3) is 11.7 Å². The van der Waals surface area contributed by atoms with E-state index in [1.165, 1.54) is 18.5 Å². The molecule has 5 N–H and O–H groups in total. The van der Waals surface area contributed by atoms with Crippen LogP contribution in [-0.2, 0) is 0 Å². The fourth-order valence-corrected chi connectivity index (χ4v) is 2.84. The van der Waals surface area contributed by atoms with Crippen molar-refractivity contribution in [3.63, 3.8) is 0 Å². The largest absolute Gasteiger partial charge is 0.491 e. The summed E-state index contributed by atoms with van der Waals surface area (Å²) in [5, 5.41) is 8.23. The number of hydrogen-bond donors (Lipinski definition) is 3. The molecule has 1 aliphatic rings. The first-order valence-electron chi connectivity index (χ1n) is 9.92. The number of pyridine rings is 1. The first-order valence-corrected chi connectivity index (χ1v) is 9.92. The second-order valence-electron chi connectivity index (χ2n) is 7.26. The first-order chi connectivity index (χ1) is 14.9. The van der Waals surface area contributed by atoms with E-state index in [0.29, 0.717) is 28.5 Å². The summed E-state index contributed by atoms with van der Waals surface area (Å²) in [6, 6.07) is 8.10. The molecule has 0 aliphatic carbocycles. The van der Waals surface area contributed by atoms with Crippen molar-refractivity contribution < 1.29 is 24.5 Å². The molecule has 0 bridgehead atoms. The number of carbonyl (C=O) groups excluding carboxylic acids is 2. The van der Waals surface area contributed by atoms with Crippen molar-refractivity contribution in [1.82, 2.24) is 15.2 Å². The Balaban J connectivity index is 1.79. The maximum Gasteiger partial charge on any atom is 0.339 e. The molecule has 162 valence electrons. The summed E-state index contributed by atoms with van der Waals surface area (Å²) < 4.78 is 11.6. The fraction of sp³-hybridized carbons (Fsp3) is 0.273. The average molecular weight is 424 g/mol. The standard InChI is InChI=1S/C22H25N5O4/c1-14(2)30-17-10-15(21(28)26-20(24)6-7-23)11-18(12-17)31-16-4-5-19(25-13-16)22(29)27-8-3-9-27/h4-7,10-14H,3,8-9,23H2,1-2H3,(H2,24,26,28)/p+1/b7-6-. The van der Waals surface area contributed by atoms with Crippen LogP contribution in [0.2, 0.25) is 0 Å². The lowest BCUT2D eigenvalue weighted by Crippen LogP contribution is -2.49. The summed E-state index contributed by atoms with van der Waals surface area (Å²) in [4.78, 5) is 30.7. The number of ether oxygens (including phenoxy) is 2. The molecule has 1 aliphatic heterocycles. The molecule has 3 rings (SSSR count). The lowest BCUT2D eigenvalue weighted by atomic mass is 10.1. The minimum absolute atomic E-state index is 0.0931. The molecular weight excluding hydrogens is 398 g/mol. The molecule has 2 heterocycles. The number of carbonyl (C=O) groups is 2. The zero-order chi connectivity index (χ0) is 22.4. The second-order valence-corrected chi connectivity index (χ2v) is 7.26. The van der Waals surface area contributed by atoms with Crippen molar-refractivity contribution in [2.75, 3.05) is 13.1 Å². The lowest BCUT2D eigenvalue weighted by Gasteiger charge is -2.30. The molecule has 0 atom stereocenters. The van der Waals surface area contributed by atoms with Crippen molar-refractivity contribution in [3.05, 3.63) is 60.1 Å². The van der Waals surface area contributed by atoms with Crippen LogP contribution in [0, 0.1) is 0 Å². The normalized spacial score (nSPS) is 13.1. The maximum absolute atomic E-state index is 12.5. The Labute approximate surface area is 180 Å². The zero-order valence-electron chi connectivity index (χ0n) is 17.5. The zero-order valence-corrected chi connectivity index (χ0v) is 17.5. The Morgan fingerprint density at radius 1 is 1.19 bits per heavy atom. The third kappa shape index (κ3) is 5.81. The number of rotatable bonds is 7. The molecule has 0 saturated carbocycles. The van der Waals surface area contributed by atoms with Gasteiger partial charge >= 0.3 is 5.91 Å². The van der Waals surface area contributed by atoms with Crippen LogP contribution in [0.5, 0.6) is 17.2 Å². The number of nitrogens with one attached hydrogen (secondary N) is 1. The van der Waals surface area contributed by atoms with Crippen molar-refractivity contribution in [3.8, 4) is 17.2 Å². The van der Waals surface area contributed by atoms with Gasteiger partial charge in [0, 0.05) is 31.4 Å². The van der Waals surface area contributed by atoms with Crippen LogP contribution >= 0.6 is 0 Å². The van der Waals surface area contributed by atoms with Gasteiger partial charge in [-0.05, 0) is 44.5 Å². The van der Waals surface area contributed by atoms with Crippen LogP contribution in [0.15, 0.2) is 48.8 Å². The van der Waals surface area contributed by atoms with E-state index in [4.69, 9.17) is 20.6 Å². The van der Waals surface area contributed by atoms with E-state index < -0.39 is 5.91 Å². The van der Waals surface area contributed by atoms with Gasteiger partial charge in [0.2, 0.25) is 0 Å². The predicted molar refractivity (Wildman–Crippen MR) is 115 cm³/mol. The van der Waals surface area contributed by atoms with Crippen LogP contribution in [-0.4, -0.2) is 46.7 Å². The molecule has 0 spiro atoms. The van der Waals surface area contributed by atoms with Gasteiger partial charge in [0.05, 0.1) is 17.9 Å². The Morgan fingerprint density at radius 2 is 1.94 bits per heavy atom. The third-order valence-corrected chi connectivity index (χ3v) is 4.38. The number of likely N-dealkylation sites (tertiary alicyclic amines) is 1. The smallest absolute Gasteiger partial charge is 0.339 e. The van der Waals surface area contributed by atoms with E-state index >= 15 is 0 Å². The Hall–Kier alpha value is -3.88. The minimum Gasteiger partial charge on any atom is -0.491 e. The molecular formula is C22H26N5O4+. The van der Waals surface area contributed by atoms with E-state index in [0.717, 1.165) is 19.5 Å². The maximum atomic E-state index is 12.5. The van der Waals surface area contributed by atoms with Gasteiger partial charge in [-0.25, -0.2) is 15.1 Å². The Kier molecular flexibility index (Phi) is 6.86. The molecule has 9 heteroatoms. The molecule has 1 fully saturated rings. The molecule has 0 unspecified atom stereocenters. The summed E-state index contributed by atoms with van der Waals surface area (Å²) in [5.41, 5.74) is 5.94. The van der Waals surface area contributed by atoms with Gasteiger partial charge in [-0.1, -0.05) is 0 Å². The highest BCUT2D eigenvalue weighted by Crippen LogP contribution is 2.28. The van der Waals surface area contributed by atoms with E-state index in [1.54, 1.807) is 35.2 Å². The number of nitrogens with two attached hydrogens (primary N) is 2. The van der Waals surface area contributed by atoms with Crippen molar-refractivity contribution in [2.24, 2.45) is 5.73 Å². The quantitative estimate of drug-likeness (QED) is 0.446. The number of benzene rings is 1. The molecule has 2 aromatic rings. The molecule has 1 aromatic heterocycles. The van der Waals surface area contributed by atoms with Crippen LogP contribution in [0.3, 0.4) is 0 Å². The second kappa shape index (κ2) is 9.75. The monoisotopic (exact) mass is 424 g/mol. The van der Waals surface area contributed by atoms with Gasteiger partial charge in [-0.15, -0.1) is 0 Å². The SMILES string of the molecule is CC(C)Oc1cc(Oc2ccc(C(=O)N3CCC3)nc2)cc(C(=O)NC(=[NH2+])/C=C\N)c1. The highest BCUT2D eigenvalue weighted by molar-refractivity contribution is 6.08. The highest BCUT2D eigenvalue weighted by atomic mass is 16.5. The fourth-order valence-electron chi connectivity index (χ4n) is 2.84. The molecule has 1 saturated heterocycles. The van der Waals surface area contributed by atoms with E-state index in [2.05, 4.69) is 10.3 Å². The number of amides is 2. The van der Waals surface area contributed by atoms with Crippen molar-refractivity contribution in [2.45, 2.75) is 26.4 Å². The molecule has 9 nitrogen and oxygen atoms in total. The van der Waals surface area contributed by atoms with E-state index in [1.807, 2.05) is 13.8 Å². The Bertz CT molecular complexity index is 997. The number of aromatic nitrogens is 1. The van der Waals surface area contributed by atoms with Crippen LogP contribution < -0.4 is 25.9 Å². The molecule has 1 aromatic carbocycles. The van der Waals surface area contributed by atoms with Crippen LogP contribution in [0.25, 0.3) is 0 Å². The van der Waals surface area contributed by atoms with E-state index in [-0.39, 0.29) is 17.8 Å². The van der Waals surface area contributed by atoms with Gasteiger partial charge < -0.3 is 20.1 Å². The van der Waals surface area contributed by atoms with Gasteiger partial charge in [-0.3, -0.25) is 10.2 Å². The number of hydrogen-bond acceptors (Lipinski definition) is 6. The summed E-state index contributed by atoms with van der Waals surface area (Å²) in [6.07, 6.45) is 4.99. The average Bonchev–Trinajstić information content (AvgIpc) is 2.66. The summed E-state index contributed by atoms with van der Waals surface area (Å²) in [5.74, 6) is 0.831. The minimum atomic E-state index is -0.441. The highest BCUT2D eigenvalue weighted by Gasteiger charge is 2.22. The lowest BCUT2D eigenvalue weighted by molar-refractivity contribution is -0.115. The van der Waals surface area contributed by atoms with Gasteiger partial charge in [0.1, 0.15) is 22.9 Å². The van der Waals surface area contributed by atoms with Crippen LogP contribution in [0.1, 0.15) is 41.1 Å². The van der Waals surface area contributed by atoms with Gasteiger partial charge in [-0.2, -0.15) is 0 Å². The van der Waals surface area contributed by atoms with Gasteiger partial charge in [0.15, 0.2) is 0 Å².